The third-order valence-corrected chi connectivity index (χ3v) is 2.02. The molecule has 0 saturated carbocycles. The van der Waals surface area contributed by atoms with Crippen molar-refractivity contribution in [3.8, 4) is 0 Å². The van der Waals surface area contributed by atoms with Gasteiger partial charge in [0.15, 0.2) is 0 Å². The molecule has 1 aromatic carbocycles. The van der Waals surface area contributed by atoms with Crippen molar-refractivity contribution in [3.05, 3.63) is 33.8 Å². The van der Waals surface area contributed by atoms with Crippen molar-refractivity contribution in [1.29, 1.82) is 0 Å². The number of carbonyl (C=O) groups excluding carboxylic acids is 2. The largest absolute Gasteiger partial charge is 0.460 e. The van der Waals surface area contributed by atoms with Crippen LogP contribution in [0, 0.1) is 0 Å². The summed E-state index contributed by atoms with van der Waals surface area (Å²) in [5.41, 5.74) is 0.131. The average molecular weight is 247 g/mol. The van der Waals surface area contributed by atoms with Gasteiger partial charge < -0.3 is 4.74 Å². The lowest BCUT2D eigenvalue weighted by Gasteiger charge is -2.02. The van der Waals surface area contributed by atoms with E-state index in [0.717, 1.165) is 0 Å². The molecule has 5 heteroatoms. The van der Waals surface area contributed by atoms with Crippen molar-refractivity contribution in [2.45, 2.75) is 6.92 Å². The molecule has 0 fully saturated rings. The molecular formula is C10H8Cl2O3. The number of carbonyl (C=O) groups is 2. The molecule has 0 atom stereocenters. The highest BCUT2D eigenvalue weighted by atomic mass is 35.5. The summed E-state index contributed by atoms with van der Waals surface area (Å²) >= 11 is 11.4. The standard InChI is InChI=1S/C10H8Cl2O3/c1-2-15-10(14)9(13)6-3-7(11)5-8(12)4-6/h3-5H,2H2,1H3. The molecule has 0 radical (unpaired) electrons. The zero-order chi connectivity index (χ0) is 11.4. The molecule has 0 saturated heterocycles. The van der Waals surface area contributed by atoms with Gasteiger partial charge >= 0.3 is 5.97 Å². The number of hydrogen-bond acceptors (Lipinski definition) is 3. The first kappa shape index (κ1) is 12.0. The first-order chi connectivity index (χ1) is 7.04. The van der Waals surface area contributed by atoms with Gasteiger partial charge in [-0.25, -0.2) is 4.79 Å². The van der Waals surface area contributed by atoms with E-state index in [2.05, 4.69) is 4.74 Å². The summed E-state index contributed by atoms with van der Waals surface area (Å²) in [5.74, 6) is -1.66. The van der Waals surface area contributed by atoms with Crippen LogP contribution in [0.25, 0.3) is 0 Å². The summed E-state index contributed by atoms with van der Waals surface area (Å²) in [6, 6.07) is 4.21. The quantitative estimate of drug-likeness (QED) is 0.468. The van der Waals surface area contributed by atoms with E-state index in [0.29, 0.717) is 10.0 Å². The van der Waals surface area contributed by atoms with E-state index in [1.807, 2.05) is 0 Å². The first-order valence-electron chi connectivity index (χ1n) is 4.22. The monoisotopic (exact) mass is 246 g/mol. The molecule has 0 aliphatic carbocycles. The number of benzene rings is 1. The Bertz CT molecular complexity index is 381. The summed E-state index contributed by atoms with van der Waals surface area (Å²) < 4.78 is 4.56. The highest BCUT2D eigenvalue weighted by Gasteiger charge is 2.18. The van der Waals surface area contributed by atoms with E-state index < -0.39 is 11.8 Å². The fourth-order valence-corrected chi connectivity index (χ4v) is 1.53. The highest BCUT2D eigenvalue weighted by Crippen LogP contribution is 2.19. The van der Waals surface area contributed by atoms with Crippen molar-refractivity contribution in [2.24, 2.45) is 0 Å². The van der Waals surface area contributed by atoms with E-state index in [4.69, 9.17) is 23.2 Å². The Morgan fingerprint density at radius 1 is 1.20 bits per heavy atom. The lowest BCUT2D eigenvalue weighted by atomic mass is 10.1. The summed E-state index contributed by atoms with van der Waals surface area (Å²) in [6.07, 6.45) is 0. The van der Waals surface area contributed by atoms with E-state index in [1.54, 1.807) is 6.92 Å². The molecule has 0 bridgehead atoms. The second kappa shape index (κ2) is 5.14. The van der Waals surface area contributed by atoms with Gasteiger partial charge in [0, 0.05) is 15.6 Å². The van der Waals surface area contributed by atoms with Gasteiger partial charge in [-0.1, -0.05) is 23.2 Å². The number of ketones is 1. The molecule has 0 aliphatic heterocycles. The zero-order valence-corrected chi connectivity index (χ0v) is 9.43. The predicted molar refractivity (Wildman–Crippen MR) is 57.4 cm³/mol. The van der Waals surface area contributed by atoms with Crippen LogP contribution >= 0.6 is 23.2 Å². The third-order valence-electron chi connectivity index (χ3n) is 1.59. The molecule has 1 rings (SSSR count). The van der Waals surface area contributed by atoms with Gasteiger partial charge in [0.05, 0.1) is 6.61 Å². The fourth-order valence-electron chi connectivity index (χ4n) is 0.999. The maximum Gasteiger partial charge on any atom is 0.379 e. The van der Waals surface area contributed by atoms with Gasteiger partial charge in [0.2, 0.25) is 0 Å². The molecule has 3 nitrogen and oxygen atoms in total. The Balaban J connectivity index is 2.96. The Morgan fingerprint density at radius 3 is 2.20 bits per heavy atom. The molecule has 15 heavy (non-hydrogen) atoms. The number of rotatable bonds is 3. The summed E-state index contributed by atoms with van der Waals surface area (Å²) in [4.78, 5) is 22.6. The third kappa shape index (κ3) is 3.22. The topological polar surface area (TPSA) is 43.4 Å². The van der Waals surface area contributed by atoms with Crippen molar-refractivity contribution >= 4 is 35.0 Å². The maximum absolute atomic E-state index is 11.4. The Morgan fingerprint density at radius 2 is 1.73 bits per heavy atom. The van der Waals surface area contributed by atoms with Crippen molar-refractivity contribution in [2.75, 3.05) is 6.61 Å². The second-order valence-electron chi connectivity index (χ2n) is 2.71. The van der Waals surface area contributed by atoms with Crippen LogP contribution in [-0.4, -0.2) is 18.4 Å². The van der Waals surface area contributed by atoms with Crippen molar-refractivity contribution in [3.63, 3.8) is 0 Å². The van der Waals surface area contributed by atoms with Crippen LogP contribution in [0.3, 0.4) is 0 Å². The highest BCUT2D eigenvalue weighted by molar-refractivity contribution is 6.42. The molecule has 1 aromatic rings. The minimum atomic E-state index is -0.907. The molecule has 0 heterocycles. The van der Waals surface area contributed by atoms with Crippen LogP contribution in [0.4, 0.5) is 0 Å². The van der Waals surface area contributed by atoms with Gasteiger partial charge in [0.25, 0.3) is 5.78 Å². The fraction of sp³-hybridized carbons (Fsp3) is 0.200. The molecule has 0 aromatic heterocycles. The van der Waals surface area contributed by atoms with Crippen LogP contribution in [0.15, 0.2) is 18.2 Å². The second-order valence-corrected chi connectivity index (χ2v) is 3.58. The SMILES string of the molecule is CCOC(=O)C(=O)c1cc(Cl)cc(Cl)c1. The normalized spacial score (nSPS) is 9.80. The van der Waals surface area contributed by atoms with Gasteiger partial charge in [-0.15, -0.1) is 0 Å². The summed E-state index contributed by atoms with van der Waals surface area (Å²) in [5, 5.41) is 0.602. The number of esters is 1. The molecule has 0 aliphatic rings. The molecule has 0 N–H and O–H groups in total. The van der Waals surface area contributed by atoms with Crippen LogP contribution in [0.5, 0.6) is 0 Å². The Hall–Kier alpha value is -1.06. The minimum absolute atomic E-state index is 0.131. The van der Waals surface area contributed by atoms with Gasteiger partial charge in [0.1, 0.15) is 0 Å². The average Bonchev–Trinajstić information content (AvgIpc) is 2.15. The van der Waals surface area contributed by atoms with E-state index in [-0.39, 0.29) is 12.2 Å². The zero-order valence-electron chi connectivity index (χ0n) is 7.92. The van der Waals surface area contributed by atoms with Crippen LogP contribution in [-0.2, 0) is 9.53 Å². The van der Waals surface area contributed by atoms with E-state index >= 15 is 0 Å². The minimum Gasteiger partial charge on any atom is -0.460 e. The lowest BCUT2D eigenvalue weighted by Crippen LogP contribution is -2.17. The van der Waals surface area contributed by atoms with Crippen molar-refractivity contribution < 1.29 is 14.3 Å². The number of halogens is 2. The number of hydrogen-bond donors (Lipinski definition) is 0. The van der Waals surface area contributed by atoms with Crippen LogP contribution in [0.1, 0.15) is 17.3 Å². The van der Waals surface area contributed by atoms with Gasteiger partial charge in [-0.3, -0.25) is 4.79 Å². The molecule has 80 valence electrons. The van der Waals surface area contributed by atoms with E-state index in [9.17, 15) is 9.59 Å². The molecular weight excluding hydrogens is 239 g/mol. The smallest absolute Gasteiger partial charge is 0.379 e. The van der Waals surface area contributed by atoms with Crippen LogP contribution in [0.2, 0.25) is 10.0 Å². The summed E-state index contributed by atoms with van der Waals surface area (Å²) in [6.45, 7) is 1.77. The number of Topliss-reactive ketones (excluding diaryl/α,β-unsaturated/α-hetero) is 1. The van der Waals surface area contributed by atoms with Crippen LogP contribution < -0.4 is 0 Å². The number of ether oxygens (including phenoxy) is 1. The summed E-state index contributed by atoms with van der Waals surface area (Å²) in [7, 11) is 0. The first-order valence-corrected chi connectivity index (χ1v) is 4.97. The van der Waals surface area contributed by atoms with E-state index in [1.165, 1.54) is 18.2 Å². The predicted octanol–water partition coefficient (Wildman–Crippen LogP) is 2.74. The molecule has 0 unspecified atom stereocenters. The van der Waals surface area contributed by atoms with Gasteiger partial charge in [-0.2, -0.15) is 0 Å². The molecule has 0 spiro atoms. The maximum atomic E-state index is 11.4. The molecule has 0 amide bonds. The Labute approximate surface area is 96.9 Å². The Kier molecular flexibility index (Phi) is 4.12. The van der Waals surface area contributed by atoms with Crippen molar-refractivity contribution in [1.82, 2.24) is 0 Å². The lowest BCUT2D eigenvalue weighted by molar-refractivity contribution is -0.137. The van der Waals surface area contributed by atoms with Gasteiger partial charge in [-0.05, 0) is 25.1 Å².